The molecule has 2 heterocycles. The van der Waals surface area contributed by atoms with Crippen LogP contribution in [0.3, 0.4) is 0 Å². The zero-order valence-electron chi connectivity index (χ0n) is 10.9. The van der Waals surface area contributed by atoms with Crippen molar-refractivity contribution in [3.63, 3.8) is 0 Å². The number of nitrogens with two attached hydrogens (primary N) is 1. The van der Waals surface area contributed by atoms with Gasteiger partial charge in [-0.1, -0.05) is 6.07 Å². The summed E-state index contributed by atoms with van der Waals surface area (Å²) in [5.74, 6) is 5.99. The van der Waals surface area contributed by atoms with Crippen LogP contribution in [0, 0.1) is 0 Å². The molecule has 0 atom stereocenters. The Hall–Kier alpha value is -1.17. The zero-order valence-corrected chi connectivity index (χ0v) is 10.9. The molecule has 1 aromatic rings. The van der Waals surface area contributed by atoms with Crippen molar-refractivity contribution in [1.82, 2.24) is 9.88 Å². The molecule has 5 heteroatoms. The number of rotatable bonds is 5. The van der Waals surface area contributed by atoms with Gasteiger partial charge >= 0.3 is 0 Å². The average molecular weight is 250 g/mol. The molecule has 1 aliphatic rings. The van der Waals surface area contributed by atoms with Gasteiger partial charge in [0.2, 0.25) is 0 Å². The minimum Gasteiger partial charge on any atom is -0.378 e. The van der Waals surface area contributed by atoms with E-state index in [1.807, 2.05) is 12.3 Å². The van der Waals surface area contributed by atoms with Crippen LogP contribution in [0.4, 0.5) is 5.82 Å². The number of likely N-dealkylation sites (tertiary alicyclic amines) is 1. The summed E-state index contributed by atoms with van der Waals surface area (Å²) < 4.78 is 5.65. The van der Waals surface area contributed by atoms with Crippen LogP contribution in [0.1, 0.15) is 25.3 Å². The molecule has 1 aromatic heterocycles. The van der Waals surface area contributed by atoms with Crippen LogP contribution >= 0.6 is 0 Å². The number of nitrogen functional groups attached to an aromatic ring is 1. The fourth-order valence-corrected chi connectivity index (χ4v) is 2.33. The molecular formula is C13H22N4O. The maximum absolute atomic E-state index is 5.65. The number of piperidine rings is 1. The van der Waals surface area contributed by atoms with E-state index in [1.54, 1.807) is 0 Å². The van der Waals surface area contributed by atoms with Crippen LogP contribution in [-0.4, -0.2) is 35.7 Å². The first-order valence-electron chi connectivity index (χ1n) is 6.57. The number of ether oxygens (including phenoxy) is 1. The van der Waals surface area contributed by atoms with E-state index in [4.69, 9.17) is 10.6 Å². The minimum absolute atomic E-state index is 0.452. The van der Waals surface area contributed by atoms with E-state index >= 15 is 0 Å². The lowest BCUT2D eigenvalue weighted by Crippen LogP contribution is -2.36. The Labute approximate surface area is 108 Å². The molecule has 0 amide bonds. The van der Waals surface area contributed by atoms with Gasteiger partial charge in [-0.2, -0.15) is 0 Å². The molecule has 0 saturated carbocycles. The number of hydrazine groups is 1. The van der Waals surface area contributed by atoms with Gasteiger partial charge in [0, 0.05) is 32.4 Å². The Balaban J connectivity index is 1.80. The Bertz CT molecular complexity index is 347. The fraction of sp³-hybridized carbons (Fsp3) is 0.615. The molecule has 1 saturated heterocycles. The Kier molecular flexibility index (Phi) is 4.92. The van der Waals surface area contributed by atoms with Crippen LogP contribution in [0.25, 0.3) is 0 Å². The molecule has 2 rings (SSSR count). The van der Waals surface area contributed by atoms with E-state index in [-0.39, 0.29) is 0 Å². The van der Waals surface area contributed by atoms with Crippen molar-refractivity contribution in [1.29, 1.82) is 0 Å². The van der Waals surface area contributed by atoms with Gasteiger partial charge in [-0.25, -0.2) is 10.8 Å². The first kappa shape index (κ1) is 13.3. The van der Waals surface area contributed by atoms with Gasteiger partial charge in [0.1, 0.15) is 5.82 Å². The van der Waals surface area contributed by atoms with Crippen LogP contribution in [0.2, 0.25) is 0 Å². The third kappa shape index (κ3) is 3.66. The second-order valence-electron chi connectivity index (χ2n) is 4.63. The molecule has 1 aliphatic heterocycles. The van der Waals surface area contributed by atoms with Gasteiger partial charge in [-0.15, -0.1) is 0 Å². The topological polar surface area (TPSA) is 63.4 Å². The molecule has 18 heavy (non-hydrogen) atoms. The van der Waals surface area contributed by atoms with E-state index in [9.17, 15) is 0 Å². The lowest BCUT2D eigenvalue weighted by atomic mass is 10.1. The van der Waals surface area contributed by atoms with Gasteiger partial charge in [0.05, 0.1) is 6.10 Å². The standard InChI is InChI=1S/C13H22N4O/c1-2-18-12-5-7-17(8-6-12)10-11-3-4-13(16-14)15-9-11/h3-4,9,12H,2,5-8,10,14H2,1H3,(H,15,16). The summed E-state index contributed by atoms with van der Waals surface area (Å²) >= 11 is 0. The second-order valence-corrected chi connectivity index (χ2v) is 4.63. The largest absolute Gasteiger partial charge is 0.378 e. The van der Waals surface area contributed by atoms with Gasteiger partial charge in [-0.05, 0) is 31.4 Å². The smallest absolute Gasteiger partial charge is 0.139 e. The predicted octanol–water partition coefficient (Wildman–Crippen LogP) is 1.37. The Morgan fingerprint density at radius 1 is 1.44 bits per heavy atom. The molecule has 0 bridgehead atoms. The first-order valence-corrected chi connectivity index (χ1v) is 6.57. The molecule has 0 aromatic carbocycles. The van der Waals surface area contributed by atoms with Crippen LogP contribution < -0.4 is 11.3 Å². The number of anilines is 1. The average Bonchev–Trinajstić information content (AvgIpc) is 2.42. The molecule has 3 N–H and O–H groups in total. The molecule has 0 spiro atoms. The molecule has 1 fully saturated rings. The highest BCUT2D eigenvalue weighted by atomic mass is 16.5. The number of nitrogens with zero attached hydrogens (tertiary/aromatic N) is 2. The lowest BCUT2D eigenvalue weighted by Gasteiger charge is -2.31. The SMILES string of the molecule is CCOC1CCN(Cc2ccc(NN)nc2)CC1. The van der Waals surface area contributed by atoms with Crippen molar-refractivity contribution in [3.05, 3.63) is 23.9 Å². The summed E-state index contributed by atoms with van der Waals surface area (Å²) in [6, 6.07) is 3.97. The third-order valence-electron chi connectivity index (χ3n) is 3.32. The zero-order chi connectivity index (χ0) is 12.8. The molecule has 5 nitrogen and oxygen atoms in total. The van der Waals surface area contributed by atoms with Crippen LogP contribution in [-0.2, 0) is 11.3 Å². The van der Waals surface area contributed by atoms with E-state index in [2.05, 4.69) is 28.3 Å². The summed E-state index contributed by atoms with van der Waals surface area (Å²) in [6.07, 6.45) is 4.59. The van der Waals surface area contributed by atoms with Crippen molar-refractivity contribution in [2.45, 2.75) is 32.4 Å². The number of aromatic nitrogens is 1. The van der Waals surface area contributed by atoms with Crippen molar-refractivity contribution in [3.8, 4) is 0 Å². The summed E-state index contributed by atoms with van der Waals surface area (Å²) in [6.45, 7) is 6.03. The van der Waals surface area contributed by atoms with Crippen molar-refractivity contribution >= 4 is 5.82 Å². The summed E-state index contributed by atoms with van der Waals surface area (Å²) in [5, 5.41) is 0. The summed E-state index contributed by atoms with van der Waals surface area (Å²) in [4.78, 5) is 6.67. The van der Waals surface area contributed by atoms with Crippen LogP contribution in [0.5, 0.6) is 0 Å². The highest BCUT2D eigenvalue weighted by Crippen LogP contribution is 2.16. The number of pyridine rings is 1. The van der Waals surface area contributed by atoms with Crippen molar-refractivity contribution < 1.29 is 4.74 Å². The first-order chi connectivity index (χ1) is 8.81. The normalized spacial score (nSPS) is 17.9. The maximum Gasteiger partial charge on any atom is 0.139 e. The molecule has 0 radical (unpaired) electrons. The summed E-state index contributed by atoms with van der Waals surface area (Å²) in [7, 11) is 0. The highest BCUT2D eigenvalue weighted by molar-refractivity contribution is 5.33. The molecule has 0 unspecified atom stereocenters. The second kappa shape index (κ2) is 6.68. The Morgan fingerprint density at radius 3 is 2.78 bits per heavy atom. The van der Waals surface area contributed by atoms with E-state index in [0.29, 0.717) is 11.9 Å². The number of hydrogen-bond acceptors (Lipinski definition) is 5. The predicted molar refractivity (Wildman–Crippen MR) is 72.0 cm³/mol. The Morgan fingerprint density at radius 2 is 2.22 bits per heavy atom. The molecule has 100 valence electrons. The number of nitrogens with one attached hydrogen (secondary N) is 1. The highest BCUT2D eigenvalue weighted by Gasteiger charge is 2.19. The quantitative estimate of drug-likeness (QED) is 0.610. The van der Waals surface area contributed by atoms with Crippen molar-refractivity contribution in [2.75, 3.05) is 25.1 Å². The molecular weight excluding hydrogens is 228 g/mol. The van der Waals surface area contributed by atoms with Gasteiger partial charge in [-0.3, -0.25) is 4.90 Å². The van der Waals surface area contributed by atoms with Gasteiger partial charge < -0.3 is 10.2 Å². The van der Waals surface area contributed by atoms with Crippen LogP contribution in [0.15, 0.2) is 18.3 Å². The van der Waals surface area contributed by atoms with E-state index in [1.165, 1.54) is 5.56 Å². The fourth-order valence-electron chi connectivity index (χ4n) is 2.33. The maximum atomic E-state index is 5.65. The summed E-state index contributed by atoms with van der Waals surface area (Å²) in [5.41, 5.74) is 3.76. The third-order valence-corrected chi connectivity index (χ3v) is 3.32. The van der Waals surface area contributed by atoms with E-state index < -0.39 is 0 Å². The lowest BCUT2D eigenvalue weighted by molar-refractivity contribution is 0.0125. The monoisotopic (exact) mass is 250 g/mol. The van der Waals surface area contributed by atoms with Crippen molar-refractivity contribution in [2.24, 2.45) is 5.84 Å². The minimum atomic E-state index is 0.452. The molecule has 0 aliphatic carbocycles. The van der Waals surface area contributed by atoms with Gasteiger partial charge in [0.15, 0.2) is 0 Å². The van der Waals surface area contributed by atoms with E-state index in [0.717, 1.165) is 39.1 Å². The number of hydrogen-bond donors (Lipinski definition) is 2. The van der Waals surface area contributed by atoms with Gasteiger partial charge in [0.25, 0.3) is 0 Å².